The molecule has 7 nitrogen and oxygen atoms in total. The van der Waals surface area contributed by atoms with Gasteiger partial charge in [-0.05, 0) is 13.0 Å². The summed E-state index contributed by atoms with van der Waals surface area (Å²) in [6.45, 7) is 4.89. The Morgan fingerprint density at radius 2 is 1.68 bits per heavy atom. The van der Waals surface area contributed by atoms with E-state index in [-0.39, 0.29) is 5.95 Å². The number of aromatic nitrogens is 5. The summed E-state index contributed by atoms with van der Waals surface area (Å²) in [6, 6.07) is 4.80. The molecule has 0 saturated carbocycles. The van der Waals surface area contributed by atoms with Crippen molar-refractivity contribution in [3.8, 4) is 0 Å². The van der Waals surface area contributed by atoms with Crippen LogP contribution in [-0.4, -0.2) is 50.7 Å². The number of anilines is 2. The number of nitrogens with zero attached hydrogens (tertiary/aromatic N) is 7. The molecule has 2 aliphatic heterocycles. The topological polar surface area (TPSA) is 62.5 Å². The van der Waals surface area contributed by atoms with Crippen LogP contribution in [0, 0.1) is 18.8 Å². The molecule has 3 aromatic rings. The maximum atomic E-state index is 12.9. The van der Waals surface area contributed by atoms with E-state index in [0.29, 0.717) is 24.9 Å². The van der Waals surface area contributed by atoms with Crippen LogP contribution in [0.2, 0.25) is 0 Å². The maximum Gasteiger partial charge on any atom is 0.433 e. The van der Waals surface area contributed by atoms with Crippen LogP contribution in [0.3, 0.4) is 0 Å². The SMILES string of the molecule is Cc1cc(N2CC3CN(c4nccc(C(F)(F)F)n4)CC3C2)n2nccc2n1. The van der Waals surface area contributed by atoms with Crippen LogP contribution >= 0.6 is 0 Å². The Balaban J connectivity index is 1.35. The van der Waals surface area contributed by atoms with Crippen LogP contribution in [0.1, 0.15) is 11.4 Å². The molecule has 2 saturated heterocycles. The normalized spacial score (nSPS) is 22.3. The first-order chi connectivity index (χ1) is 13.4. The first-order valence-electron chi connectivity index (χ1n) is 9.10. The Labute approximate surface area is 158 Å². The molecule has 0 spiro atoms. The highest BCUT2D eigenvalue weighted by atomic mass is 19.4. The standard InChI is InChI=1S/C18H18F3N7/c1-11-6-16(28-15(24-11)3-5-23-28)26-7-12-9-27(10-13(12)8-26)17-22-4-2-14(25-17)18(19,20)21/h2-6,12-13H,7-10H2,1H3. The monoisotopic (exact) mass is 389 g/mol. The minimum atomic E-state index is -4.46. The summed E-state index contributed by atoms with van der Waals surface area (Å²) in [6.07, 6.45) is -1.55. The number of halogens is 3. The van der Waals surface area contributed by atoms with Crippen molar-refractivity contribution in [1.29, 1.82) is 0 Å². The summed E-state index contributed by atoms with van der Waals surface area (Å²) in [7, 11) is 0. The van der Waals surface area contributed by atoms with Crippen LogP contribution in [0.4, 0.5) is 24.9 Å². The summed E-state index contributed by atoms with van der Waals surface area (Å²) in [5, 5.41) is 4.37. The fraction of sp³-hybridized carbons (Fsp3) is 0.444. The van der Waals surface area contributed by atoms with Crippen molar-refractivity contribution >= 4 is 17.4 Å². The predicted molar refractivity (Wildman–Crippen MR) is 96.2 cm³/mol. The number of hydrogen-bond donors (Lipinski definition) is 0. The first-order valence-corrected chi connectivity index (χ1v) is 9.10. The lowest BCUT2D eigenvalue weighted by molar-refractivity contribution is -0.141. The molecular weight excluding hydrogens is 371 g/mol. The fourth-order valence-corrected chi connectivity index (χ4v) is 4.25. The predicted octanol–water partition coefficient (Wildman–Crippen LogP) is 2.42. The highest BCUT2D eigenvalue weighted by Crippen LogP contribution is 2.36. The smallest absolute Gasteiger partial charge is 0.356 e. The van der Waals surface area contributed by atoms with Crippen LogP contribution in [-0.2, 0) is 6.18 Å². The molecule has 2 fully saturated rings. The van der Waals surface area contributed by atoms with Gasteiger partial charge in [0.15, 0.2) is 5.65 Å². The van der Waals surface area contributed by atoms with Crippen LogP contribution in [0.15, 0.2) is 30.6 Å². The fourth-order valence-electron chi connectivity index (χ4n) is 4.25. The van der Waals surface area contributed by atoms with Gasteiger partial charge in [0.1, 0.15) is 11.5 Å². The molecule has 0 aromatic carbocycles. The van der Waals surface area contributed by atoms with Gasteiger partial charge in [0, 0.05) is 62.0 Å². The molecule has 10 heteroatoms. The Hall–Kier alpha value is -2.91. The van der Waals surface area contributed by atoms with Crippen molar-refractivity contribution in [3.63, 3.8) is 0 Å². The van der Waals surface area contributed by atoms with Crippen LogP contribution in [0.5, 0.6) is 0 Å². The van der Waals surface area contributed by atoms with Gasteiger partial charge < -0.3 is 9.80 Å². The molecule has 0 aliphatic carbocycles. The molecule has 0 radical (unpaired) electrons. The summed E-state index contributed by atoms with van der Waals surface area (Å²) >= 11 is 0. The van der Waals surface area contributed by atoms with Crippen molar-refractivity contribution in [3.05, 3.63) is 42.0 Å². The highest BCUT2D eigenvalue weighted by Gasteiger charge is 2.42. The van der Waals surface area contributed by atoms with Gasteiger partial charge in [-0.3, -0.25) is 0 Å². The molecular formula is C18H18F3N7. The quantitative estimate of drug-likeness (QED) is 0.671. The number of alkyl halides is 3. The second kappa shape index (κ2) is 6.05. The van der Waals surface area contributed by atoms with Gasteiger partial charge in [-0.1, -0.05) is 0 Å². The molecule has 0 bridgehead atoms. The Morgan fingerprint density at radius 3 is 2.39 bits per heavy atom. The molecule has 2 unspecified atom stereocenters. The average Bonchev–Trinajstić information content (AvgIpc) is 3.34. The zero-order valence-electron chi connectivity index (χ0n) is 15.1. The van der Waals surface area contributed by atoms with E-state index in [0.717, 1.165) is 36.3 Å². The van der Waals surface area contributed by atoms with E-state index in [4.69, 9.17) is 0 Å². The number of hydrogen-bond acceptors (Lipinski definition) is 6. The third-order valence-electron chi connectivity index (χ3n) is 5.50. The third-order valence-corrected chi connectivity index (χ3v) is 5.50. The van der Waals surface area contributed by atoms with E-state index in [2.05, 4.69) is 25.0 Å². The Morgan fingerprint density at radius 1 is 0.964 bits per heavy atom. The summed E-state index contributed by atoms with van der Waals surface area (Å²) in [4.78, 5) is 16.4. The van der Waals surface area contributed by atoms with Gasteiger partial charge in [-0.25, -0.2) is 15.0 Å². The Bertz CT molecular complexity index is 1020. The average molecular weight is 389 g/mol. The Kier molecular flexibility index (Phi) is 3.72. The summed E-state index contributed by atoms with van der Waals surface area (Å²) < 4.78 is 40.6. The molecule has 0 N–H and O–H groups in total. The molecule has 5 rings (SSSR count). The summed E-state index contributed by atoms with van der Waals surface area (Å²) in [5.74, 6) is 1.85. The molecule has 5 heterocycles. The van der Waals surface area contributed by atoms with E-state index in [1.54, 1.807) is 6.20 Å². The van der Waals surface area contributed by atoms with Gasteiger partial charge in [0.2, 0.25) is 5.95 Å². The third kappa shape index (κ3) is 2.83. The van der Waals surface area contributed by atoms with E-state index in [1.807, 2.05) is 28.5 Å². The van der Waals surface area contributed by atoms with Gasteiger partial charge in [0.05, 0.1) is 6.20 Å². The zero-order chi connectivity index (χ0) is 19.5. The van der Waals surface area contributed by atoms with Crippen LogP contribution < -0.4 is 9.80 Å². The molecule has 2 atom stereocenters. The number of fused-ring (bicyclic) bond motifs is 2. The second-order valence-corrected chi connectivity index (χ2v) is 7.43. The van der Waals surface area contributed by atoms with Crippen molar-refractivity contribution in [1.82, 2.24) is 24.6 Å². The van der Waals surface area contributed by atoms with Gasteiger partial charge in [-0.15, -0.1) is 0 Å². The molecule has 146 valence electrons. The van der Waals surface area contributed by atoms with Crippen molar-refractivity contribution in [2.24, 2.45) is 11.8 Å². The maximum absolute atomic E-state index is 12.9. The van der Waals surface area contributed by atoms with Gasteiger partial charge in [-0.2, -0.15) is 22.8 Å². The molecule has 3 aromatic heterocycles. The van der Waals surface area contributed by atoms with E-state index in [9.17, 15) is 13.2 Å². The van der Waals surface area contributed by atoms with Gasteiger partial charge >= 0.3 is 6.18 Å². The van der Waals surface area contributed by atoms with Crippen molar-refractivity contribution < 1.29 is 13.2 Å². The van der Waals surface area contributed by atoms with Crippen molar-refractivity contribution in [2.75, 3.05) is 36.0 Å². The van der Waals surface area contributed by atoms with Crippen molar-refractivity contribution in [2.45, 2.75) is 13.1 Å². The minimum absolute atomic E-state index is 0.157. The molecule has 28 heavy (non-hydrogen) atoms. The van der Waals surface area contributed by atoms with Crippen LogP contribution in [0.25, 0.3) is 5.65 Å². The lowest BCUT2D eigenvalue weighted by atomic mass is 10.0. The summed E-state index contributed by atoms with van der Waals surface area (Å²) in [5.41, 5.74) is 0.842. The lowest BCUT2D eigenvalue weighted by Gasteiger charge is -2.24. The van der Waals surface area contributed by atoms with E-state index in [1.165, 1.54) is 6.20 Å². The number of rotatable bonds is 2. The largest absolute Gasteiger partial charge is 0.433 e. The molecule has 2 aliphatic rings. The van der Waals surface area contributed by atoms with E-state index < -0.39 is 11.9 Å². The second-order valence-electron chi connectivity index (χ2n) is 7.43. The molecule has 0 amide bonds. The highest BCUT2D eigenvalue weighted by molar-refractivity contribution is 5.52. The minimum Gasteiger partial charge on any atom is -0.356 e. The van der Waals surface area contributed by atoms with Gasteiger partial charge in [0.25, 0.3) is 0 Å². The number of aryl methyl sites for hydroxylation is 1. The lowest BCUT2D eigenvalue weighted by Crippen LogP contribution is -2.31. The first kappa shape index (κ1) is 17.2. The zero-order valence-corrected chi connectivity index (χ0v) is 15.1. The van der Waals surface area contributed by atoms with E-state index >= 15 is 0 Å².